The summed E-state index contributed by atoms with van der Waals surface area (Å²) in [6, 6.07) is 17.9. The number of carbonyl (C=O) groups excluding carboxylic acids is 1. The summed E-state index contributed by atoms with van der Waals surface area (Å²) < 4.78 is 28.5. The van der Waals surface area contributed by atoms with E-state index in [1.807, 2.05) is 32.0 Å². The lowest BCUT2D eigenvalue weighted by Gasteiger charge is -2.26. The third-order valence-electron chi connectivity index (χ3n) is 7.80. The van der Waals surface area contributed by atoms with Crippen LogP contribution in [0.15, 0.2) is 66.9 Å². The number of aryl methyl sites for hydroxylation is 2. The van der Waals surface area contributed by atoms with Gasteiger partial charge in [0.1, 0.15) is 23.9 Å². The van der Waals surface area contributed by atoms with Crippen molar-refractivity contribution in [3.05, 3.63) is 78.0 Å². The van der Waals surface area contributed by atoms with Crippen molar-refractivity contribution in [3.8, 4) is 28.7 Å². The number of nitrogens with one attached hydrogen (secondary N) is 1. The second kappa shape index (κ2) is 15.3. The number of aromatic nitrogens is 2. The van der Waals surface area contributed by atoms with Crippen molar-refractivity contribution in [3.63, 3.8) is 0 Å². The van der Waals surface area contributed by atoms with Gasteiger partial charge in [-0.1, -0.05) is 24.6 Å². The Balaban J connectivity index is 1.40. The van der Waals surface area contributed by atoms with Crippen molar-refractivity contribution < 1.29 is 28.5 Å². The van der Waals surface area contributed by atoms with Gasteiger partial charge < -0.3 is 29.0 Å². The number of nitrogens with zero attached hydrogens (tertiary/aromatic N) is 4. The predicted octanol–water partition coefficient (Wildman–Crippen LogP) is 7.06. The van der Waals surface area contributed by atoms with Crippen LogP contribution in [0, 0.1) is 13.8 Å². The first-order valence-electron chi connectivity index (χ1n) is 15.3. The maximum Gasteiger partial charge on any atom is 0.425 e. The summed E-state index contributed by atoms with van der Waals surface area (Å²) in [6.45, 7) is 7.42. The van der Waals surface area contributed by atoms with Gasteiger partial charge >= 0.3 is 6.09 Å². The minimum Gasteiger partial charge on any atom is -0.497 e. The minimum absolute atomic E-state index is 0.258. The first-order chi connectivity index (χ1) is 22.4. The summed E-state index contributed by atoms with van der Waals surface area (Å²) in [5, 5.41) is 3.23. The summed E-state index contributed by atoms with van der Waals surface area (Å²) in [5.74, 6) is 3.16. The molecule has 1 N–H and O–H groups in total. The van der Waals surface area contributed by atoms with Gasteiger partial charge in [-0.15, -0.1) is 0 Å². The van der Waals surface area contributed by atoms with Gasteiger partial charge in [0.05, 0.1) is 27.0 Å². The van der Waals surface area contributed by atoms with Gasteiger partial charge in [0.2, 0.25) is 11.7 Å². The average molecular weight is 628 g/mol. The van der Waals surface area contributed by atoms with E-state index in [4.69, 9.17) is 28.7 Å². The minimum atomic E-state index is -0.624. The average Bonchev–Trinajstić information content (AvgIpc) is 3.07. The monoisotopic (exact) mass is 627 g/mol. The van der Waals surface area contributed by atoms with Crippen LogP contribution in [0.5, 0.6) is 28.7 Å². The number of carbonyl (C=O) groups is 1. The summed E-state index contributed by atoms with van der Waals surface area (Å²) in [5.41, 5.74) is 3.05. The number of anilines is 4. The van der Waals surface area contributed by atoms with Crippen LogP contribution in [0.1, 0.15) is 30.4 Å². The number of hydrogen-bond donors (Lipinski definition) is 1. The molecule has 0 saturated carbocycles. The molecule has 46 heavy (non-hydrogen) atoms. The molecule has 0 bridgehead atoms. The van der Waals surface area contributed by atoms with E-state index in [9.17, 15) is 4.79 Å². The molecule has 1 fully saturated rings. The van der Waals surface area contributed by atoms with Crippen molar-refractivity contribution in [2.24, 2.45) is 0 Å². The molecule has 3 aromatic carbocycles. The molecule has 0 aliphatic carbocycles. The summed E-state index contributed by atoms with van der Waals surface area (Å²) >= 11 is 0. The quantitative estimate of drug-likeness (QED) is 0.175. The molecule has 1 aromatic heterocycles. The summed E-state index contributed by atoms with van der Waals surface area (Å²) in [7, 11) is 4.75. The number of rotatable bonds is 12. The normalized spacial score (nSPS) is 13.1. The molecule has 0 spiro atoms. The molecule has 11 heteroatoms. The number of benzene rings is 3. The van der Waals surface area contributed by atoms with E-state index in [1.165, 1.54) is 24.2 Å². The Morgan fingerprint density at radius 1 is 0.870 bits per heavy atom. The second-order valence-electron chi connectivity index (χ2n) is 10.9. The van der Waals surface area contributed by atoms with Gasteiger partial charge in [0, 0.05) is 36.6 Å². The smallest absolute Gasteiger partial charge is 0.425 e. The van der Waals surface area contributed by atoms with Gasteiger partial charge in [-0.05, 0) is 75.2 Å². The fraction of sp³-hybridized carbons (Fsp3) is 0.343. The topological polar surface area (TPSA) is 108 Å². The van der Waals surface area contributed by atoms with Gasteiger partial charge in [0.15, 0.2) is 11.5 Å². The van der Waals surface area contributed by atoms with Crippen LogP contribution >= 0.6 is 0 Å². The third-order valence-corrected chi connectivity index (χ3v) is 7.80. The molecule has 11 nitrogen and oxygen atoms in total. The van der Waals surface area contributed by atoms with Crippen molar-refractivity contribution in [2.45, 2.75) is 33.1 Å². The second-order valence-corrected chi connectivity index (χ2v) is 10.9. The van der Waals surface area contributed by atoms with Crippen molar-refractivity contribution in [1.82, 2.24) is 14.9 Å². The number of piperidine rings is 1. The number of ether oxygens (including phenoxy) is 5. The number of para-hydroxylation sites is 1. The van der Waals surface area contributed by atoms with Gasteiger partial charge in [-0.2, -0.15) is 4.98 Å². The molecule has 1 saturated heterocycles. The molecule has 1 aliphatic heterocycles. The highest BCUT2D eigenvalue weighted by atomic mass is 16.6. The third kappa shape index (κ3) is 7.78. The first kappa shape index (κ1) is 32.4. The molecule has 242 valence electrons. The standard InChI is InChI=1S/C35H41N5O6/c1-24-10-9-11-25(2)32(24)40(35(41)46-28-14-12-27(42-3)13-15-28)31-16-17-36-34(38-31)37-26-22-29(43-4)33(30(23-26)44-5)45-21-20-39-18-7-6-8-19-39/h9-17,22-23H,6-8,18-21H2,1-5H3,(H,36,37,38). The highest BCUT2D eigenvalue weighted by Crippen LogP contribution is 2.41. The van der Waals surface area contributed by atoms with Gasteiger partial charge in [0.25, 0.3) is 0 Å². The maximum absolute atomic E-state index is 13.8. The van der Waals surface area contributed by atoms with Gasteiger partial charge in [-0.25, -0.2) is 14.7 Å². The lowest BCUT2D eigenvalue weighted by Crippen LogP contribution is -2.33. The Morgan fingerprint density at radius 3 is 2.15 bits per heavy atom. The molecule has 1 amide bonds. The molecule has 2 heterocycles. The molecule has 0 atom stereocenters. The van der Waals surface area contributed by atoms with Gasteiger partial charge in [-0.3, -0.25) is 4.90 Å². The zero-order valence-electron chi connectivity index (χ0n) is 27.0. The van der Waals surface area contributed by atoms with Crippen LogP contribution in [-0.2, 0) is 0 Å². The molecule has 4 aromatic rings. The van der Waals surface area contributed by atoms with E-state index in [0.717, 1.165) is 30.8 Å². The Kier molecular flexibility index (Phi) is 10.8. The van der Waals surface area contributed by atoms with Crippen LogP contribution in [0.4, 0.5) is 27.9 Å². The lowest BCUT2D eigenvalue weighted by atomic mass is 10.1. The van der Waals surface area contributed by atoms with E-state index in [0.29, 0.717) is 52.5 Å². The van der Waals surface area contributed by atoms with Crippen LogP contribution in [0.25, 0.3) is 0 Å². The van der Waals surface area contributed by atoms with Crippen LogP contribution in [0.2, 0.25) is 0 Å². The van der Waals surface area contributed by atoms with E-state index >= 15 is 0 Å². The molecule has 0 unspecified atom stereocenters. The van der Waals surface area contributed by atoms with Crippen molar-refractivity contribution in [1.29, 1.82) is 0 Å². The highest BCUT2D eigenvalue weighted by molar-refractivity contribution is 5.98. The van der Waals surface area contributed by atoms with E-state index in [1.54, 1.807) is 70.0 Å². The Labute approximate surface area is 270 Å². The van der Waals surface area contributed by atoms with Crippen LogP contribution < -0.4 is 33.9 Å². The Morgan fingerprint density at radius 2 is 1.52 bits per heavy atom. The Bertz CT molecular complexity index is 1580. The number of methoxy groups -OCH3 is 3. The fourth-order valence-corrected chi connectivity index (χ4v) is 5.47. The number of likely N-dealkylation sites (tertiary alicyclic amines) is 1. The molecule has 1 aliphatic rings. The first-order valence-corrected chi connectivity index (χ1v) is 15.3. The SMILES string of the molecule is COc1ccc(OC(=O)N(c2ccnc(Nc3cc(OC)c(OCCN4CCCCC4)c(OC)c3)n2)c2c(C)cccc2C)cc1. The van der Waals surface area contributed by atoms with Crippen molar-refractivity contribution in [2.75, 3.05) is 57.8 Å². The van der Waals surface area contributed by atoms with Crippen LogP contribution in [-0.4, -0.2) is 68.5 Å². The molecule has 0 radical (unpaired) electrons. The van der Waals surface area contributed by atoms with E-state index < -0.39 is 6.09 Å². The van der Waals surface area contributed by atoms with Crippen molar-refractivity contribution >= 4 is 29.2 Å². The molecular weight excluding hydrogens is 586 g/mol. The zero-order valence-corrected chi connectivity index (χ0v) is 27.0. The number of amides is 1. The fourth-order valence-electron chi connectivity index (χ4n) is 5.47. The summed E-state index contributed by atoms with van der Waals surface area (Å²) in [6.07, 6.45) is 4.70. The van der Waals surface area contributed by atoms with Crippen LogP contribution in [0.3, 0.4) is 0 Å². The molecule has 5 rings (SSSR count). The summed E-state index contributed by atoms with van der Waals surface area (Å²) in [4.78, 5) is 26.8. The maximum atomic E-state index is 13.8. The predicted molar refractivity (Wildman–Crippen MR) is 178 cm³/mol. The zero-order chi connectivity index (χ0) is 32.5. The Hall–Kier alpha value is -5.03. The largest absolute Gasteiger partial charge is 0.497 e. The lowest BCUT2D eigenvalue weighted by molar-refractivity contribution is 0.177. The van der Waals surface area contributed by atoms with E-state index in [-0.39, 0.29) is 5.95 Å². The molecular formula is C35H41N5O6. The van der Waals surface area contributed by atoms with E-state index in [2.05, 4.69) is 15.2 Å². The highest BCUT2D eigenvalue weighted by Gasteiger charge is 2.26. The number of hydrogen-bond acceptors (Lipinski definition) is 10.